The van der Waals surface area contributed by atoms with Gasteiger partial charge in [0.1, 0.15) is 24.1 Å². The molecule has 1 N–H and O–H groups in total. The average molecular weight is 526 g/mol. The molecule has 0 aliphatic rings. The second-order valence-electron chi connectivity index (χ2n) is 8.30. The number of nitrogens with one attached hydrogen (secondary N) is 1. The normalized spacial score (nSPS) is 12.1. The Morgan fingerprint density at radius 1 is 1.06 bits per heavy atom. The van der Waals surface area contributed by atoms with Crippen LogP contribution in [-0.4, -0.2) is 64.2 Å². The molecule has 2 aromatic rings. The Balaban J connectivity index is 2.49. The molecule has 35 heavy (non-hydrogen) atoms. The van der Waals surface area contributed by atoms with Gasteiger partial charge >= 0.3 is 0 Å². The number of anilines is 1. The number of amides is 2. The number of hydrogen-bond acceptors (Lipinski definition) is 6. The fourth-order valence-corrected chi connectivity index (χ4v) is 4.46. The number of carbonyl (C=O) groups excluding carboxylic acids is 2. The Hall–Kier alpha value is -2.98. The summed E-state index contributed by atoms with van der Waals surface area (Å²) in [5.74, 6) is -0.301. The van der Waals surface area contributed by atoms with E-state index in [2.05, 4.69) is 5.32 Å². The molecule has 0 spiro atoms. The van der Waals surface area contributed by atoms with Gasteiger partial charge in [-0.05, 0) is 50.6 Å². The lowest BCUT2D eigenvalue weighted by atomic mass is 10.1. The number of sulfonamides is 1. The Kier molecular flexibility index (Phi) is 9.79. The van der Waals surface area contributed by atoms with Crippen molar-refractivity contribution in [3.63, 3.8) is 0 Å². The predicted molar refractivity (Wildman–Crippen MR) is 136 cm³/mol. The van der Waals surface area contributed by atoms with Gasteiger partial charge in [0.25, 0.3) is 0 Å². The quantitative estimate of drug-likeness (QED) is 0.483. The van der Waals surface area contributed by atoms with E-state index in [4.69, 9.17) is 21.1 Å². The highest BCUT2D eigenvalue weighted by atomic mass is 35.5. The Bertz CT molecular complexity index is 1160. The van der Waals surface area contributed by atoms with E-state index in [1.165, 1.54) is 25.2 Å². The number of rotatable bonds is 11. The molecule has 1 unspecified atom stereocenters. The van der Waals surface area contributed by atoms with Crippen LogP contribution in [0.25, 0.3) is 0 Å². The third kappa shape index (κ3) is 7.76. The lowest BCUT2D eigenvalue weighted by molar-refractivity contribution is -0.139. The first-order chi connectivity index (χ1) is 16.4. The lowest BCUT2D eigenvalue weighted by Gasteiger charge is -2.32. The molecular formula is C24H32ClN3O6S. The van der Waals surface area contributed by atoms with Gasteiger partial charge in [-0.1, -0.05) is 23.7 Å². The molecule has 2 rings (SSSR count). The van der Waals surface area contributed by atoms with Gasteiger partial charge in [-0.3, -0.25) is 13.9 Å². The standard InChI is InChI=1S/C24H32ClN3O6S/c1-16(2)26-24(30)17(3)27(14-18-8-7-9-19(25)12-18)23(29)15-28(35(6,31)32)21-13-20(33-4)10-11-22(21)34-5/h7-13,16-17H,14-15H2,1-6H3,(H,26,30). The summed E-state index contributed by atoms with van der Waals surface area (Å²) in [6.45, 7) is 4.72. The summed E-state index contributed by atoms with van der Waals surface area (Å²) < 4.78 is 37.0. The topological polar surface area (TPSA) is 105 Å². The van der Waals surface area contributed by atoms with Crippen molar-refractivity contribution in [2.24, 2.45) is 0 Å². The first-order valence-electron chi connectivity index (χ1n) is 10.9. The number of nitrogens with zero attached hydrogens (tertiary/aromatic N) is 2. The maximum atomic E-state index is 13.6. The maximum absolute atomic E-state index is 13.6. The summed E-state index contributed by atoms with van der Waals surface area (Å²) in [7, 11) is -1.07. The average Bonchev–Trinajstić information content (AvgIpc) is 2.78. The van der Waals surface area contributed by atoms with Gasteiger partial charge in [0, 0.05) is 23.7 Å². The minimum atomic E-state index is -3.92. The molecule has 0 saturated carbocycles. The van der Waals surface area contributed by atoms with Crippen LogP contribution in [0, 0.1) is 0 Å². The molecule has 0 heterocycles. The van der Waals surface area contributed by atoms with Crippen molar-refractivity contribution in [2.45, 2.75) is 39.4 Å². The molecule has 192 valence electrons. The largest absolute Gasteiger partial charge is 0.497 e. The Labute approximate surface area is 212 Å². The van der Waals surface area contributed by atoms with E-state index in [9.17, 15) is 18.0 Å². The fourth-order valence-electron chi connectivity index (χ4n) is 3.41. The minimum absolute atomic E-state index is 0.0545. The first kappa shape index (κ1) is 28.3. The molecule has 1 atom stereocenters. The van der Waals surface area contributed by atoms with Crippen LogP contribution < -0.4 is 19.1 Å². The maximum Gasteiger partial charge on any atom is 0.244 e. The van der Waals surface area contributed by atoms with Crippen LogP contribution >= 0.6 is 11.6 Å². The zero-order valence-corrected chi connectivity index (χ0v) is 22.3. The molecule has 0 radical (unpaired) electrons. The molecule has 11 heteroatoms. The first-order valence-corrected chi connectivity index (χ1v) is 13.1. The van der Waals surface area contributed by atoms with Gasteiger partial charge in [-0.25, -0.2) is 8.42 Å². The summed E-state index contributed by atoms with van der Waals surface area (Å²) in [4.78, 5) is 27.7. The molecule has 0 aliphatic carbocycles. The minimum Gasteiger partial charge on any atom is -0.497 e. The summed E-state index contributed by atoms with van der Waals surface area (Å²) in [6.07, 6.45) is 0.995. The Morgan fingerprint density at radius 3 is 2.29 bits per heavy atom. The molecule has 2 amide bonds. The number of carbonyl (C=O) groups is 2. The highest BCUT2D eigenvalue weighted by Crippen LogP contribution is 2.34. The zero-order chi connectivity index (χ0) is 26.3. The fraction of sp³-hybridized carbons (Fsp3) is 0.417. The molecule has 0 fully saturated rings. The van der Waals surface area contributed by atoms with Crippen LogP contribution in [0.15, 0.2) is 42.5 Å². The van der Waals surface area contributed by atoms with E-state index in [1.807, 2.05) is 13.8 Å². The molecule has 0 bridgehead atoms. The number of ether oxygens (including phenoxy) is 2. The molecule has 0 saturated heterocycles. The van der Waals surface area contributed by atoms with Crippen molar-refractivity contribution in [1.29, 1.82) is 0 Å². The monoisotopic (exact) mass is 525 g/mol. The van der Waals surface area contributed by atoms with Gasteiger partial charge in [0.05, 0.1) is 26.2 Å². The van der Waals surface area contributed by atoms with E-state index in [0.717, 1.165) is 10.6 Å². The third-order valence-corrected chi connectivity index (χ3v) is 6.54. The van der Waals surface area contributed by atoms with Crippen LogP contribution in [0.2, 0.25) is 5.02 Å². The van der Waals surface area contributed by atoms with E-state index < -0.39 is 28.5 Å². The highest BCUT2D eigenvalue weighted by Gasteiger charge is 2.31. The van der Waals surface area contributed by atoms with Crippen molar-refractivity contribution >= 4 is 39.1 Å². The summed E-state index contributed by atoms with van der Waals surface area (Å²) in [6, 6.07) is 10.5. The molecule has 0 aromatic heterocycles. The second-order valence-corrected chi connectivity index (χ2v) is 10.6. The van der Waals surface area contributed by atoms with Crippen molar-refractivity contribution in [1.82, 2.24) is 10.2 Å². The van der Waals surface area contributed by atoms with Crippen LogP contribution in [-0.2, 0) is 26.2 Å². The van der Waals surface area contributed by atoms with Crippen LogP contribution in [0.3, 0.4) is 0 Å². The Morgan fingerprint density at radius 2 is 1.74 bits per heavy atom. The summed E-state index contributed by atoms with van der Waals surface area (Å²) >= 11 is 6.11. The van der Waals surface area contributed by atoms with Gasteiger partial charge < -0.3 is 19.7 Å². The summed E-state index contributed by atoms with van der Waals surface area (Å²) in [5.41, 5.74) is 0.838. The van der Waals surface area contributed by atoms with Crippen molar-refractivity contribution in [2.75, 3.05) is 31.3 Å². The second kappa shape index (κ2) is 12.1. The van der Waals surface area contributed by atoms with Gasteiger partial charge in [0.15, 0.2) is 0 Å². The molecule has 0 aliphatic heterocycles. The number of methoxy groups -OCH3 is 2. The smallest absolute Gasteiger partial charge is 0.244 e. The van der Waals surface area contributed by atoms with Crippen molar-refractivity contribution in [3.8, 4) is 11.5 Å². The van der Waals surface area contributed by atoms with E-state index in [1.54, 1.807) is 43.3 Å². The number of halogens is 1. The van der Waals surface area contributed by atoms with Crippen molar-refractivity contribution in [3.05, 3.63) is 53.1 Å². The number of hydrogen-bond donors (Lipinski definition) is 1. The van der Waals surface area contributed by atoms with E-state index in [0.29, 0.717) is 16.3 Å². The van der Waals surface area contributed by atoms with Gasteiger partial charge in [-0.2, -0.15) is 0 Å². The molecule has 2 aromatic carbocycles. The summed E-state index contributed by atoms with van der Waals surface area (Å²) in [5, 5.41) is 3.28. The molecular weight excluding hydrogens is 494 g/mol. The lowest BCUT2D eigenvalue weighted by Crippen LogP contribution is -2.52. The van der Waals surface area contributed by atoms with Gasteiger partial charge in [0.2, 0.25) is 21.8 Å². The third-order valence-electron chi connectivity index (χ3n) is 5.17. The van der Waals surface area contributed by atoms with Crippen LogP contribution in [0.5, 0.6) is 11.5 Å². The number of benzene rings is 2. The van der Waals surface area contributed by atoms with Crippen LogP contribution in [0.1, 0.15) is 26.3 Å². The van der Waals surface area contributed by atoms with Crippen LogP contribution in [0.4, 0.5) is 5.69 Å². The molecule has 9 nitrogen and oxygen atoms in total. The van der Waals surface area contributed by atoms with Crippen molar-refractivity contribution < 1.29 is 27.5 Å². The zero-order valence-electron chi connectivity index (χ0n) is 20.7. The predicted octanol–water partition coefficient (Wildman–Crippen LogP) is 3.07. The van der Waals surface area contributed by atoms with Gasteiger partial charge in [-0.15, -0.1) is 0 Å². The van der Waals surface area contributed by atoms with E-state index >= 15 is 0 Å². The van der Waals surface area contributed by atoms with E-state index in [-0.39, 0.29) is 29.9 Å². The SMILES string of the molecule is COc1ccc(OC)c(N(CC(=O)N(Cc2cccc(Cl)c2)C(C)C(=O)NC(C)C)S(C)(=O)=O)c1. The highest BCUT2D eigenvalue weighted by molar-refractivity contribution is 7.92.